The Morgan fingerprint density at radius 1 is 1.18 bits per heavy atom. The van der Waals surface area contributed by atoms with E-state index >= 15 is 0 Å². The van der Waals surface area contributed by atoms with Gasteiger partial charge in [-0.2, -0.15) is 5.10 Å². The molecule has 0 spiro atoms. The number of aryl methyl sites for hydroxylation is 1. The van der Waals surface area contributed by atoms with Gasteiger partial charge in [-0.15, -0.1) is 10.2 Å². The van der Waals surface area contributed by atoms with E-state index in [1.165, 1.54) is 30.8 Å². The van der Waals surface area contributed by atoms with Gasteiger partial charge in [0.05, 0.1) is 10.3 Å². The Bertz CT molecular complexity index is 1300. The Morgan fingerprint density at radius 2 is 1.88 bits per heavy atom. The molecule has 182 valence electrons. The zero-order valence-electron chi connectivity index (χ0n) is 19.5. The van der Waals surface area contributed by atoms with Gasteiger partial charge in [-0.3, -0.25) is 4.68 Å². The monoisotopic (exact) mass is 505 g/mol. The molecule has 12 heteroatoms. The van der Waals surface area contributed by atoms with Crippen molar-refractivity contribution in [2.75, 3.05) is 7.11 Å². The van der Waals surface area contributed by atoms with E-state index in [0.29, 0.717) is 16.7 Å². The van der Waals surface area contributed by atoms with Crippen LogP contribution in [-0.2, 0) is 40.2 Å². The predicted molar refractivity (Wildman–Crippen MR) is 126 cm³/mol. The van der Waals surface area contributed by atoms with Crippen LogP contribution < -0.4 is 0 Å². The zero-order valence-corrected chi connectivity index (χ0v) is 21.1. The van der Waals surface area contributed by atoms with Gasteiger partial charge in [-0.25, -0.2) is 18.4 Å². The number of nitrogens with zero attached hydrogens (tertiary/aromatic N) is 7. The molecule has 0 radical (unpaired) electrons. The van der Waals surface area contributed by atoms with E-state index in [-0.39, 0.29) is 17.6 Å². The Kier molecular flexibility index (Phi) is 6.19. The van der Waals surface area contributed by atoms with E-state index in [9.17, 15) is 8.42 Å². The largest absolute Gasteiger partial charge is 0.372 e. The minimum Gasteiger partial charge on any atom is -0.372 e. The third-order valence-corrected chi connectivity index (χ3v) is 8.96. The lowest BCUT2D eigenvalue weighted by atomic mass is 9.95. The van der Waals surface area contributed by atoms with Crippen LogP contribution in [0.2, 0.25) is 5.02 Å². The molecule has 2 atom stereocenters. The highest BCUT2D eigenvalue weighted by Gasteiger charge is 2.37. The van der Waals surface area contributed by atoms with Gasteiger partial charge >= 0.3 is 0 Å². The molecular weight excluding hydrogens is 478 g/mol. The molecule has 3 heterocycles. The van der Waals surface area contributed by atoms with Crippen LogP contribution in [0, 0.1) is 0 Å². The Hall–Kier alpha value is -2.37. The van der Waals surface area contributed by atoms with E-state index in [1.807, 2.05) is 16.3 Å². The molecule has 0 saturated heterocycles. The molecule has 1 saturated carbocycles. The van der Waals surface area contributed by atoms with Gasteiger partial charge in [0.2, 0.25) is 0 Å². The van der Waals surface area contributed by atoms with E-state index in [0.717, 1.165) is 44.2 Å². The van der Waals surface area contributed by atoms with Crippen molar-refractivity contribution in [2.24, 2.45) is 7.05 Å². The Balaban J connectivity index is 1.47. The summed E-state index contributed by atoms with van der Waals surface area (Å²) in [7, 11) is -0.270. The lowest BCUT2D eigenvalue weighted by Gasteiger charge is -2.21. The highest BCUT2D eigenvalue weighted by Crippen LogP contribution is 2.41. The summed E-state index contributed by atoms with van der Waals surface area (Å²) < 4.78 is 36.3. The first kappa shape index (κ1) is 23.4. The topological polar surface area (TPSA) is 118 Å². The number of methoxy groups -OCH3 is 1. The molecule has 5 rings (SSSR count). The smallest absolute Gasteiger partial charge is 0.185 e. The van der Waals surface area contributed by atoms with Gasteiger partial charge in [-0.05, 0) is 45.4 Å². The van der Waals surface area contributed by atoms with Crippen molar-refractivity contribution in [3.05, 3.63) is 40.3 Å². The predicted octanol–water partition coefficient (Wildman–Crippen LogP) is 3.03. The van der Waals surface area contributed by atoms with Crippen LogP contribution in [0.25, 0.3) is 11.5 Å². The maximum absolute atomic E-state index is 13.5. The second kappa shape index (κ2) is 9.01. The summed E-state index contributed by atoms with van der Waals surface area (Å²) in [6, 6.07) is 0.199. The normalized spacial score (nSPS) is 18.0. The first-order chi connectivity index (χ1) is 16.3. The van der Waals surface area contributed by atoms with Gasteiger partial charge in [0.15, 0.2) is 21.5 Å². The van der Waals surface area contributed by atoms with Crippen molar-refractivity contribution in [2.45, 2.75) is 68.6 Å². The van der Waals surface area contributed by atoms with E-state index in [1.54, 1.807) is 6.92 Å². The van der Waals surface area contributed by atoms with Gasteiger partial charge in [0.1, 0.15) is 23.4 Å². The van der Waals surface area contributed by atoms with E-state index in [2.05, 4.69) is 20.2 Å². The standard InChI is InChI=1S/C22H28ClN7O3S/c1-13(20(33-3)21-24-10-14(23)11-25-21)34(31,32)12-18-26-27-22(30(18)15-8-9-15)19-16-6-4-5-7-17(16)29(2)28-19/h10-11,13,15,20H,4-9,12H2,1-3H3/t13-,20-/m0/s1. The van der Waals surface area contributed by atoms with Crippen molar-refractivity contribution in [3.63, 3.8) is 0 Å². The number of aromatic nitrogens is 7. The Labute approximate surface area is 203 Å². The summed E-state index contributed by atoms with van der Waals surface area (Å²) in [5.41, 5.74) is 3.28. The maximum atomic E-state index is 13.5. The van der Waals surface area contributed by atoms with Crippen LogP contribution in [0.3, 0.4) is 0 Å². The lowest BCUT2D eigenvalue weighted by Crippen LogP contribution is -2.30. The number of hydrogen-bond donors (Lipinski definition) is 0. The number of halogens is 1. The van der Waals surface area contributed by atoms with Gasteiger partial charge in [0.25, 0.3) is 0 Å². The lowest BCUT2D eigenvalue weighted by molar-refractivity contribution is 0.0948. The van der Waals surface area contributed by atoms with Crippen LogP contribution >= 0.6 is 11.6 Å². The van der Waals surface area contributed by atoms with Gasteiger partial charge < -0.3 is 9.30 Å². The second-order valence-corrected chi connectivity index (χ2v) is 11.9. The number of sulfone groups is 1. The van der Waals surface area contributed by atoms with Gasteiger partial charge in [0, 0.05) is 43.9 Å². The molecule has 0 N–H and O–H groups in total. The first-order valence-electron chi connectivity index (χ1n) is 11.5. The first-order valence-corrected chi connectivity index (χ1v) is 13.6. The van der Waals surface area contributed by atoms with Crippen molar-refractivity contribution >= 4 is 21.4 Å². The molecule has 2 aliphatic carbocycles. The minimum absolute atomic E-state index is 0.199. The number of ether oxygens (including phenoxy) is 1. The molecule has 0 aromatic carbocycles. The summed E-state index contributed by atoms with van der Waals surface area (Å²) in [6.07, 6.45) is 8.20. The average molecular weight is 506 g/mol. The highest BCUT2D eigenvalue weighted by molar-refractivity contribution is 7.91. The third-order valence-electron chi connectivity index (χ3n) is 6.73. The molecule has 0 bridgehead atoms. The molecule has 1 fully saturated rings. The maximum Gasteiger partial charge on any atom is 0.185 e. The van der Waals surface area contributed by atoms with E-state index in [4.69, 9.17) is 21.4 Å². The third kappa shape index (κ3) is 4.25. The molecule has 0 aliphatic heterocycles. The molecule has 34 heavy (non-hydrogen) atoms. The quantitative estimate of drug-likeness (QED) is 0.458. The molecule has 0 unspecified atom stereocenters. The minimum atomic E-state index is -3.68. The molecule has 3 aromatic heterocycles. The second-order valence-electron chi connectivity index (χ2n) is 9.07. The summed E-state index contributed by atoms with van der Waals surface area (Å²) in [5.74, 6) is 1.13. The van der Waals surface area contributed by atoms with Crippen molar-refractivity contribution in [1.82, 2.24) is 34.5 Å². The van der Waals surface area contributed by atoms with Crippen LogP contribution in [-0.4, -0.2) is 55.3 Å². The number of fused-ring (bicyclic) bond motifs is 1. The fourth-order valence-corrected chi connectivity index (χ4v) is 6.25. The van der Waals surface area contributed by atoms with Crippen molar-refractivity contribution < 1.29 is 13.2 Å². The summed E-state index contributed by atoms with van der Waals surface area (Å²) in [4.78, 5) is 8.32. The SMILES string of the molecule is CO[C@H](c1ncc(Cl)cn1)[C@H](C)S(=O)(=O)Cc1nnc(-c2nn(C)c3c2CCCC3)n1C1CC1. The highest BCUT2D eigenvalue weighted by atomic mass is 35.5. The Morgan fingerprint density at radius 3 is 2.56 bits per heavy atom. The fraction of sp³-hybridized carbons (Fsp3) is 0.591. The summed E-state index contributed by atoms with van der Waals surface area (Å²) in [6.45, 7) is 1.61. The van der Waals surface area contributed by atoms with E-state index < -0.39 is 21.2 Å². The summed E-state index contributed by atoms with van der Waals surface area (Å²) in [5, 5.41) is 13.0. The van der Waals surface area contributed by atoms with Crippen LogP contribution in [0.4, 0.5) is 0 Å². The number of rotatable bonds is 8. The molecular formula is C22H28ClN7O3S. The number of hydrogen-bond acceptors (Lipinski definition) is 8. The molecule has 10 nitrogen and oxygen atoms in total. The summed E-state index contributed by atoms with van der Waals surface area (Å²) >= 11 is 5.88. The molecule has 2 aliphatic rings. The zero-order chi connectivity index (χ0) is 24.0. The van der Waals surface area contributed by atoms with Crippen LogP contribution in [0.1, 0.15) is 67.7 Å². The van der Waals surface area contributed by atoms with Crippen LogP contribution in [0.5, 0.6) is 0 Å². The van der Waals surface area contributed by atoms with Crippen molar-refractivity contribution in [1.29, 1.82) is 0 Å². The average Bonchev–Trinajstić information content (AvgIpc) is 3.50. The fourth-order valence-electron chi connectivity index (χ4n) is 4.73. The van der Waals surface area contributed by atoms with Crippen molar-refractivity contribution in [3.8, 4) is 11.5 Å². The van der Waals surface area contributed by atoms with Gasteiger partial charge in [-0.1, -0.05) is 11.6 Å². The van der Waals surface area contributed by atoms with Crippen LogP contribution in [0.15, 0.2) is 12.4 Å². The molecule has 0 amide bonds. The molecule has 3 aromatic rings.